The van der Waals surface area contributed by atoms with Gasteiger partial charge in [0, 0.05) is 44.0 Å². The van der Waals surface area contributed by atoms with E-state index in [-0.39, 0.29) is 0 Å². The van der Waals surface area contributed by atoms with Crippen LogP contribution in [-0.4, -0.2) is 53.8 Å². The monoisotopic (exact) mass is 498 g/mol. The van der Waals surface area contributed by atoms with Crippen LogP contribution in [0.1, 0.15) is 34.3 Å². The summed E-state index contributed by atoms with van der Waals surface area (Å²) in [6.07, 6.45) is 2.11. The molecule has 0 amide bonds. The number of fused-ring (bicyclic) bond motifs is 3. The molecule has 2 aliphatic heterocycles. The Labute approximate surface area is 207 Å². The van der Waals surface area contributed by atoms with Crippen LogP contribution in [0.3, 0.4) is 0 Å². The summed E-state index contributed by atoms with van der Waals surface area (Å²) in [5.74, 6) is 2.67. The first-order chi connectivity index (χ1) is 16.8. The van der Waals surface area contributed by atoms with Crippen molar-refractivity contribution in [3.05, 3.63) is 57.7 Å². The maximum Gasteiger partial charge on any atom is 0.393 e. The normalized spacial score (nSPS) is 21.9. The number of aromatic nitrogens is 2. The Morgan fingerprint density at radius 3 is 2.60 bits per heavy atom. The molecule has 2 atom stereocenters. The quantitative estimate of drug-likeness (QED) is 0.447. The van der Waals surface area contributed by atoms with Crippen molar-refractivity contribution >= 4 is 33.4 Å². The molecule has 6 rings (SSSR count). The van der Waals surface area contributed by atoms with Crippen molar-refractivity contribution in [1.29, 1.82) is 0 Å². The zero-order chi connectivity index (χ0) is 24.2. The molecule has 4 heterocycles. The lowest BCUT2D eigenvalue weighted by atomic mass is 10.0. The van der Waals surface area contributed by atoms with Crippen molar-refractivity contribution in [3.8, 4) is 0 Å². The number of likely N-dealkylation sites (tertiary alicyclic amines) is 1. The average Bonchev–Trinajstić information content (AvgIpc) is 3.57. The maximum atomic E-state index is 13.0. The fourth-order valence-electron chi connectivity index (χ4n) is 5.87. The van der Waals surface area contributed by atoms with Gasteiger partial charge in [-0.2, -0.15) is 13.2 Å². The molecule has 3 aromatic rings. The van der Waals surface area contributed by atoms with Crippen LogP contribution in [-0.2, 0) is 25.7 Å². The highest BCUT2D eigenvalue weighted by molar-refractivity contribution is 7.18. The van der Waals surface area contributed by atoms with Gasteiger partial charge in [-0.25, -0.2) is 9.97 Å². The predicted molar refractivity (Wildman–Crippen MR) is 135 cm³/mol. The van der Waals surface area contributed by atoms with Crippen LogP contribution in [0.4, 0.5) is 19.0 Å². The highest BCUT2D eigenvalue weighted by Crippen LogP contribution is 2.39. The zero-order valence-corrected chi connectivity index (χ0v) is 20.6. The van der Waals surface area contributed by atoms with Crippen molar-refractivity contribution in [2.45, 2.75) is 38.8 Å². The fourth-order valence-corrected chi connectivity index (χ4v) is 6.94. The molecule has 2 unspecified atom stereocenters. The lowest BCUT2D eigenvalue weighted by molar-refractivity contribution is -0.126. The Bertz CT molecular complexity index is 1270. The van der Waals surface area contributed by atoms with Crippen LogP contribution in [0.2, 0.25) is 0 Å². The predicted octanol–water partition coefficient (Wildman–Crippen LogP) is 5.54. The Kier molecular flexibility index (Phi) is 5.84. The Balaban J connectivity index is 1.13. The van der Waals surface area contributed by atoms with E-state index in [1.807, 2.05) is 6.92 Å². The van der Waals surface area contributed by atoms with Gasteiger partial charge in [0.05, 0.1) is 11.8 Å². The number of halogens is 3. The largest absolute Gasteiger partial charge is 0.393 e. The van der Waals surface area contributed by atoms with Gasteiger partial charge in [-0.05, 0) is 47.4 Å². The molecule has 1 aliphatic carbocycles. The van der Waals surface area contributed by atoms with E-state index in [0.717, 1.165) is 68.1 Å². The average molecular weight is 499 g/mol. The van der Waals surface area contributed by atoms with Gasteiger partial charge in [0.1, 0.15) is 16.5 Å². The first-order valence-electron chi connectivity index (χ1n) is 12.5. The molecule has 184 valence electrons. The van der Waals surface area contributed by atoms with E-state index >= 15 is 0 Å². The zero-order valence-electron chi connectivity index (χ0n) is 19.8. The fraction of sp³-hybridized carbons (Fsp3) is 0.481. The van der Waals surface area contributed by atoms with Gasteiger partial charge < -0.3 is 9.80 Å². The number of rotatable bonds is 6. The van der Waals surface area contributed by atoms with Gasteiger partial charge >= 0.3 is 6.18 Å². The number of alkyl halides is 3. The topological polar surface area (TPSA) is 32.3 Å². The minimum absolute atomic E-state index is 0.309. The summed E-state index contributed by atoms with van der Waals surface area (Å²) in [5, 5.41) is 0.772. The second-order valence-electron chi connectivity index (χ2n) is 10.1. The first kappa shape index (κ1) is 23.0. The van der Waals surface area contributed by atoms with Crippen molar-refractivity contribution in [2.75, 3.05) is 37.6 Å². The summed E-state index contributed by atoms with van der Waals surface area (Å²) in [5.41, 5.74) is 4.19. The van der Waals surface area contributed by atoms with Gasteiger partial charge in [-0.1, -0.05) is 37.3 Å². The van der Waals surface area contributed by atoms with Crippen molar-refractivity contribution in [2.24, 2.45) is 11.8 Å². The number of hydrogen-bond acceptors (Lipinski definition) is 5. The number of thiophene rings is 1. The SMILES string of the molecule is CCc1nc(N2CC3CN(CCc4ccc5c(c4)C=CC5)CC3C2)c2cc(CC(F)(F)F)sc2n1. The van der Waals surface area contributed by atoms with E-state index in [1.165, 1.54) is 16.7 Å². The minimum atomic E-state index is -4.22. The van der Waals surface area contributed by atoms with E-state index in [1.54, 1.807) is 6.07 Å². The summed E-state index contributed by atoms with van der Waals surface area (Å²) >= 11 is 1.15. The molecular weight excluding hydrogens is 469 g/mol. The van der Waals surface area contributed by atoms with Crippen molar-refractivity contribution in [1.82, 2.24) is 14.9 Å². The van der Waals surface area contributed by atoms with Crippen LogP contribution in [0.25, 0.3) is 16.3 Å². The standard InChI is InChI=1S/C27H29F3N4S/c1-2-24-31-25(23-11-22(12-27(28,29)30)35-26(23)32-24)34-15-20-13-33(14-21(20)16-34)9-8-17-6-7-18-4-3-5-19(18)10-17/h3,5-7,10-11,20-21H,2,4,8-9,12-16H2,1H3. The molecule has 3 aliphatic rings. The van der Waals surface area contributed by atoms with E-state index < -0.39 is 12.6 Å². The third-order valence-electron chi connectivity index (χ3n) is 7.58. The maximum absolute atomic E-state index is 13.0. The molecule has 0 saturated carbocycles. The molecule has 4 nitrogen and oxygen atoms in total. The van der Waals surface area contributed by atoms with E-state index in [2.05, 4.69) is 45.1 Å². The summed E-state index contributed by atoms with van der Waals surface area (Å²) in [4.78, 5) is 15.2. The first-order valence-corrected chi connectivity index (χ1v) is 13.3. The van der Waals surface area contributed by atoms with Crippen LogP contribution in [0, 0.1) is 11.8 Å². The number of anilines is 1. The molecule has 2 saturated heterocycles. The highest BCUT2D eigenvalue weighted by Gasteiger charge is 2.41. The number of aryl methyl sites for hydroxylation is 1. The molecule has 1 aromatic carbocycles. The second kappa shape index (κ2) is 8.89. The number of allylic oxidation sites excluding steroid dienone is 1. The number of hydrogen-bond donors (Lipinski definition) is 0. The summed E-state index contributed by atoms with van der Waals surface area (Å²) < 4.78 is 39.0. The third kappa shape index (κ3) is 4.70. The highest BCUT2D eigenvalue weighted by atomic mass is 32.1. The molecule has 0 radical (unpaired) electrons. The minimum Gasteiger partial charge on any atom is -0.355 e. The van der Waals surface area contributed by atoms with Crippen molar-refractivity contribution < 1.29 is 13.2 Å². The van der Waals surface area contributed by atoms with E-state index in [4.69, 9.17) is 4.98 Å². The molecule has 0 spiro atoms. The van der Waals surface area contributed by atoms with Gasteiger partial charge in [0.2, 0.25) is 0 Å². The van der Waals surface area contributed by atoms with Gasteiger partial charge in [-0.3, -0.25) is 0 Å². The van der Waals surface area contributed by atoms with Gasteiger partial charge in [-0.15, -0.1) is 11.3 Å². The smallest absolute Gasteiger partial charge is 0.355 e. The second-order valence-corrected chi connectivity index (χ2v) is 11.2. The van der Waals surface area contributed by atoms with E-state index in [0.29, 0.717) is 33.8 Å². The Morgan fingerprint density at radius 2 is 1.86 bits per heavy atom. The summed E-state index contributed by atoms with van der Waals surface area (Å²) in [7, 11) is 0. The molecular formula is C27H29F3N4S. The van der Waals surface area contributed by atoms with Crippen LogP contribution in [0.15, 0.2) is 30.3 Å². The molecule has 0 bridgehead atoms. The summed E-state index contributed by atoms with van der Waals surface area (Å²) in [6.45, 7) is 7.02. The van der Waals surface area contributed by atoms with Crippen LogP contribution < -0.4 is 4.90 Å². The molecule has 35 heavy (non-hydrogen) atoms. The van der Waals surface area contributed by atoms with Gasteiger partial charge in [0.25, 0.3) is 0 Å². The lowest BCUT2D eigenvalue weighted by Crippen LogP contribution is -2.30. The lowest BCUT2D eigenvalue weighted by Gasteiger charge is -2.23. The Morgan fingerprint density at radius 1 is 1.06 bits per heavy atom. The molecule has 8 heteroatoms. The number of benzene rings is 1. The third-order valence-corrected chi connectivity index (χ3v) is 8.61. The summed E-state index contributed by atoms with van der Waals surface area (Å²) in [6, 6.07) is 8.52. The molecule has 0 N–H and O–H groups in total. The van der Waals surface area contributed by atoms with Crippen LogP contribution in [0.5, 0.6) is 0 Å². The molecule has 2 aromatic heterocycles. The molecule has 2 fully saturated rings. The number of nitrogens with zero attached hydrogens (tertiary/aromatic N) is 4. The van der Waals surface area contributed by atoms with Crippen LogP contribution >= 0.6 is 11.3 Å². The van der Waals surface area contributed by atoms with E-state index in [9.17, 15) is 13.2 Å². The van der Waals surface area contributed by atoms with Gasteiger partial charge in [0.15, 0.2) is 0 Å². The Hall–Kier alpha value is -2.45. The van der Waals surface area contributed by atoms with Crippen molar-refractivity contribution in [3.63, 3.8) is 0 Å².